The molecule has 2 aromatic carbocycles. The highest BCUT2D eigenvalue weighted by Crippen LogP contribution is 2.25. The Labute approximate surface area is 140 Å². The molecular formula is C19H19FN2O2. The smallest absolute Gasteiger partial charge is 0.253 e. The number of nitrogens with one attached hydrogen (secondary N) is 1. The predicted octanol–water partition coefficient (Wildman–Crippen LogP) is 2.93. The first-order valence-corrected chi connectivity index (χ1v) is 8.07. The zero-order chi connectivity index (χ0) is 16.9. The monoisotopic (exact) mass is 326 g/mol. The maximum absolute atomic E-state index is 12.9. The van der Waals surface area contributed by atoms with E-state index in [1.54, 1.807) is 35.2 Å². The van der Waals surface area contributed by atoms with Gasteiger partial charge in [0.05, 0.1) is 11.3 Å². The number of hydrogen-bond acceptors (Lipinski definition) is 2. The molecular weight excluding hydrogens is 307 g/mol. The van der Waals surface area contributed by atoms with Gasteiger partial charge in [-0.05, 0) is 42.7 Å². The van der Waals surface area contributed by atoms with Gasteiger partial charge in [0.1, 0.15) is 5.82 Å². The Morgan fingerprint density at radius 2 is 1.88 bits per heavy atom. The van der Waals surface area contributed by atoms with E-state index in [0.717, 1.165) is 12.0 Å². The van der Waals surface area contributed by atoms with Crippen LogP contribution in [0.3, 0.4) is 0 Å². The van der Waals surface area contributed by atoms with Crippen LogP contribution >= 0.6 is 0 Å². The third-order valence-electron chi connectivity index (χ3n) is 4.13. The molecule has 124 valence electrons. The Balaban J connectivity index is 1.65. The first kappa shape index (κ1) is 16.2. The van der Waals surface area contributed by atoms with E-state index in [1.807, 2.05) is 6.07 Å². The lowest BCUT2D eigenvalue weighted by molar-refractivity contribution is -0.117. The molecule has 1 heterocycles. The second-order valence-corrected chi connectivity index (χ2v) is 5.80. The summed E-state index contributed by atoms with van der Waals surface area (Å²) in [7, 11) is 0. The number of carbonyl (C=O) groups is 2. The molecule has 24 heavy (non-hydrogen) atoms. The lowest BCUT2D eigenvalue weighted by Gasteiger charge is -2.19. The topological polar surface area (TPSA) is 49.4 Å². The summed E-state index contributed by atoms with van der Waals surface area (Å²) < 4.78 is 12.9. The van der Waals surface area contributed by atoms with Crippen molar-refractivity contribution < 1.29 is 14.0 Å². The van der Waals surface area contributed by atoms with E-state index >= 15 is 0 Å². The van der Waals surface area contributed by atoms with E-state index < -0.39 is 0 Å². The lowest BCUT2D eigenvalue weighted by atomic mass is 10.1. The normalized spacial score (nSPS) is 14.0. The average Bonchev–Trinajstić information content (AvgIpc) is 3.02. The number of benzene rings is 2. The van der Waals surface area contributed by atoms with Crippen molar-refractivity contribution in [1.29, 1.82) is 0 Å². The van der Waals surface area contributed by atoms with Crippen LogP contribution in [0.5, 0.6) is 0 Å². The molecule has 1 fully saturated rings. The molecule has 5 heteroatoms. The van der Waals surface area contributed by atoms with Gasteiger partial charge in [-0.15, -0.1) is 0 Å². The van der Waals surface area contributed by atoms with Crippen molar-refractivity contribution in [3.8, 4) is 0 Å². The number of carbonyl (C=O) groups excluding carboxylic acids is 2. The zero-order valence-electron chi connectivity index (χ0n) is 13.3. The first-order valence-electron chi connectivity index (χ1n) is 8.07. The molecule has 1 N–H and O–H groups in total. The molecule has 2 amide bonds. The van der Waals surface area contributed by atoms with Gasteiger partial charge in [0.15, 0.2) is 0 Å². The molecule has 0 unspecified atom stereocenters. The SMILES string of the molecule is O=C(NCCc1ccc(F)cc1)c1ccccc1N1CCCC1=O. The summed E-state index contributed by atoms with van der Waals surface area (Å²) in [6, 6.07) is 13.4. The Kier molecular flexibility index (Phi) is 4.89. The second kappa shape index (κ2) is 7.25. The minimum absolute atomic E-state index is 0.0570. The summed E-state index contributed by atoms with van der Waals surface area (Å²) >= 11 is 0. The standard InChI is InChI=1S/C19H19FN2O2/c20-15-9-7-14(8-10-15)11-12-21-19(24)16-4-1-2-5-17(16)22-13-3-6-18(22)23/h1-2,4-5,7-10H,3,6,11-13H2,(H,21,24). The molecule has 3 rings (SSSR count). The first-order chi connectivity index (χ1) is 11.6. The van der Waals surface area contributed by atoms with Gasteiger partial charge in [-0.3, -0.25) is 9.59 Å². The molecule has 1 aliphatic rings. The molecule has 1 saturated heterocycles. The third-order valence-corrected chi connectivity index (χ3v) is 4.13. The van der Waals surface area contributed by atoms with Crippen LogP contribution in [-0.2, 0) is 11.2 Å². The zero-order valence-corrected chi connectivity index (χ0v) is 13.3. The van der Waals surface area contributed by atoms with E-state index in [2.05, 4.69) is 5.32 Å². The quantitative estimate of drug-likeness (QED) is 0.918. The molecule has 0 radical (unpaired) electrons. The number of anilines is 1. The number of amides is 2. The van der Waals surface area contributed by atoms with E-state index in [-0.39, 0.29) is 17.6 Å². The van der Waals surface area contributed by atoms with E-state index in [0.29, 0.717) is 37.2 Å². The van der Waals surface area contributed by atoms with E-state index in [9.17, 15) is 14.0 Å². The van der Waals surface area contributed by atoms with Gasteiger partial charge in [0.25, 0.3) is 5.91 Å². The lowest BCUT2D eigenvalue weighted by Crippen LogP contribution is -2.30. The van der Waals surface area contributed by atoms with Crippen molar-refractivity contribution >= 4 is 17.5 Å². The van der Waals surface area contributed by atoms with Gasteiger partial charge in [0.2, 0.25) is 5.91 Å². The second-order valence-electron chi connectivity index (χ2n) is 5.80. The minimum atomic E-state index is -0.271. The number of rotatable bonds is 5. The summed E-state index contributed by atoms with van der Waals surface area (Å²) in [6.45, 7) is 1.10. The van der Waals surface area contributed by atoms with Crippen molar-refractivity contribution in [2.75, 3.05) is 18.0 Å². The summed E-state index contributed by atoms with van der Waals surface area (Å²) in [6.07, 6.45) is 1.97. The van der Waals surface area contributed by atoms with Gasteiger partial charge in [0, 0.05) is 19.5 Å². The maximum atomic E-state index is 12.9. The number of halogens is 1. The third kappa shape index (κ3) is 3.62. The maximum Gasteiger partial charge on any atom is 0.253 e. The van der Waals surface area contributed by atoms with Crippen LogP contribution in [0.2, 0.25) is 0 Å². The molecule has 0 aromatic heterocycles. The van der Waals surface area contributed by atoms with Crippen LogP contribution < -0.4 is 10.2 Å². The fourth-order valence-corrected chi connectivity index (χ4v) is 2.87. The van der Waals surface area contributed by atoms with Crippen LogP contribution in [0.25, 0.3) is 0 Å². The fourth-order valence-electron chi connectivity index (χ4n) is 2.87. The van der Waals surface area contributed by atoms with Gasteiger partial charge in [-0.1, -0.05) is 24.3 Å². The van der Waals surface area contributed by atoms with Crippen molar-refractivity contribution in [2.24, 2.45) is 0 Å². The van der Waals surface area contributed by atoms with Crippen molar-refractivity contribution in [3.05, 3.63) is 65.5 Å². The van der Waals surface area contributed by atoms with E-state index in [4.69, 9.17) is 0 Å². The number of hydrogen-bond donors (Lipinski definition) is 1. The Bertz CT molecular complexity index is 743. The Morgan fingerprint density at radius 3 is 2.58 bits per heavy atom. The average molecular weight is 326 g/mol. The van der Waals surface area contributed by atoms with Gasteiger partial charge in [-0.2, -0.15) is 0 Å². The largest absolute Gasteiger partial charge is 0.352 e. The minimum Gasteiger partial charge on any atom is -0.352 e. The van der Waals surface area contributed by atoms with Crippen molar-refractivity contribution in [2.45, 2.75) is 19.3 Å². The molecule has 4 nitrogen and oxygen atoms in total. The van der Waals surface area contributed by atoms with Crippen LogP contribution in [0.4, 0.5) is 10.1 Å². The van der Waals surface area contributed by atoms with Gasteiger partial charge < -0.3 is 10.2 Å². The molecule has 0 bridgehead atoms. The van der Waals surface area contributed by atoms with Gasteiger partial charge in [-0.25, -0.2) is 4.39 Å². The highest BCUT2D eigenvalue weighted by Gasteiger charge is 2.25. The van der Waals surface area contributed by atoms with Crippen LogP contribution in [0.1, 0.15) is 28.8 Å². The van der Waals surface area contributed by atoms with Crippen molar-refractivity contribution in [3.63, 3.8) is 0 Å². The highest BCUT2D eigenvalue weighted by atomic mass is 19.1. The van der Waals surface area contributed by atoms with Gasteiger partial charge >= 0.3 is 0 Å². The summed E-state index contributed by atoms with van der Waals surface area (Å²) in [4.78, 5) is 26.1. The van der Waals surface area contributed by atoms with Crippen LogP contribution in [0.15, 0.2) is 48.5 Å². The Morgan fingerprint density at radius 1 is 1.12 bits per heavy atom. The fraction of sp³-hybridized carbons (Fsp3) is 0.263. The Hall–Kier alpha value is -2.69. The molecule has 0 saturated carbocycles. The summed E-state index contributed by atoms with van der Waals surface area (Å²) in [5.74, 6) is -0.416. The molecule has 2 aromatic rings. The predicted molar refractivity (Wildman–Crippen MR) is 90.5 cm³/mol. The summed E-state index contributed by atoms with van der Waals surface area (Å²) in [5, 5.41) is 2.87. The molecule has 0 atom stereocenters. The molecule has 1 aliphatic heterocycles. The van der Waals surface area contributed by atoms with Crippen LogP contribution in [0, 0.1) is 5.82 Å². The van der Waals surface area contributed by atoms with E-state index in [1.165, 1.54) is 12.1 Å². The summed E-state index contributed by atoms with van der Waals surface area (Å²) in [5.41, 5.74) is 2.13. The van der Waals surface area contributed by atoms with Crippen LogP contribution in [-0.4, -0.2) is 24.9 Å². The molecule has 0 spiro atoms. The van der Waals surface area contributed by atoms with Crippen molar-refractivity contribution in [1.82, 2.24) is 5.32 Å². The number of nitrogens with zero attached hydrogens (tertiary/aromatic N) is 1. The molecule has 0 aliphatic carbocycles. The number of para-hydroxylation sites is 1. The highest BCUT2D eigenvalue weighted by molar-refractivity contribution is 6.05.